The van der Waals surface area contributed by atoms with Crippen LogP contribution < -0.4 is 10.6 Å². The van der Waals surface area contributed by atoms with Crippen LogP contribution in [0.5, 0.6) is 0 Å². The molecule has 0 saturated carbocycles. The number of anilines is 2. The van der Waals surface area contributed by atoms with E-state index in [2.05, 4.69) is 41.4 Å². The van der Waals surface area contributed by atoms with Gasteiger partial charge >= 0.3 is 0 Å². The summed E-state index contributed by atoms with van der Waals surface area (Å²) in [5.74, 6) is 3.37. The van der Waals surface area contributed by atoms with Gasteiger partial charge in [0.05, 0.1) is 6.10 Å². The SMILES string of the molecule is CCCc1nc(NC)c(C)c(NCC2CCOC2CC)n1. The minimum atomic E-state index is 0.388. The smallest absolute Gasteiger partial charge is 0.134 e. The van der Waals surface area contributed by atoms with Gasteiger partial charge in [0, 0.05) is 38.1 Å². The Morgan fingerprint density at radius 3 is 2.67 bits per heavy atom. The average Bonchev–Trinajstić information content (AvgIpc) is 2.95. The van der Waals surface area contributed by atoms with Gasteiger partial charge in [-0.15, -0.1) is 0 Å². The lowest BCUT2D eigenvalue weighted by Gasteiger charge is -2.19. The lowest BCUT2D eigenvalue weighted by atomic mass is 10.00. The maximum atomic E-state index is 5.76. The number of aryl methyl sites for hydroxylation is 1. The lowest BCUT2D eigenvalue weighted by molar-refractivity contribution is 0.0900. The van der Waals surface area contributed by atoms with Gasteiger partial charge in [0.15, 0.2) is 0 Å². The van der Waals surface area contributed by atoms with Crippen LogP contribution in [0.15, 0.2) is 0 Å². The van der Waals surface area contributed by atoms with E-state index in [0.717, 1.165) is 61.9 Å². The van der Waals surface area contributed by atoms with Gasteiger partial charge in [-0.05, 0) is 26.2 Å². The van der Waals surface area contributed by atoms with Crippen LogP contribution in [0.25, 0.3) is 0 Å². The van der Waals surface area contributed by atoms with E-state index < -0.39 is 0 Å². The summed E-state index contributed by atoms with van der Waals surface area (Å²) in [6, 6.07) is 0. The number of nitrogens with one attached hydrogen (secondary N) is 2. The molecule has 0 bridgehead atoms. The third kappa shape index (κ3) is 3.84. The van der Waals surface area contributed by atoms with Crippen LogP contribution in [0.3, 0.4) is 0 Å². The van der Waals surface area contributed by atoms with E-state index in [1.165, 1.54) is 0 Å². The van der Waals surface area contributed by atoms with E-state index in [-0.39, 0.29) is 0 Å². The van der Waals surface area contributed by atoms with E-state index in [9.17, 15) is 0 Å². The first-order valence-electron chi connectivity index (χ1n) is 8.10. The second-order valence-electron chi connectivity index (χ2n) is 5.71. The molecular weight excluding hydrogens is 264 g/mol. The van der Waals surface area contributed by atoms with Crippen LogP contribution in [0, 0.1) is 12.8 Å². The van der Waals surface area contributed by atoms with Crippen LogP contribution in [0.4, 0.5) is 11.6 Å². The standard InChI is InChI=1S/C16H28N4O/c1-5-7-14-19-15(17-4)11(3)16(20-14)18-10-12-8-9-21-13(12)6-2/h12-13H,5-10H2,1-4H3,(H2,17,18,19,20). The van der Waals surface area contributed by atoms with Gasteiger partial charge < -0.3 is 15.4 Å². The summed E-state index contributed by atoms with van der Waals surface area (Å²) in [6.07, 6.45) is 4.57. The van der Waals surface area contributed by atoms with Crippen LogP contribution in [0.1, 0.15) is 44.5 Å². The fraction of sp³-hybridized carbons (Fsp3) is 0.750. The Hall–Kier alpha value is -1.36. The van der Waals surface area contributed by atoms with Crippen LogP contribution >= 0.6 is 0 Å². The van der Waals surface area contributed by atoms with Crippen molar-refractivity contribution < 1.29 is 4.74 Å². The highest BCUT2D eigenvalue weighted by Gasteiger charge is 2.26. The number of nitrogens with zero attached hydrogens (tertiary/aromatic N) is 2. The zero-order valence-electron chi connectivity index (χ0n) is 13.7. The van der Waals surface area contributed by atoms with E-state index in [1.807, 2.05) is 7.05 Å². The third-order valence-electron chi connectivity index (χ3n) is 4.18. The number of ether oxygens (including phenoxy) is 1. The van der Waals surface area contributed by atoms with Gasteiger partial charge in [0.25, 0.3) is 0 Å². The van der Waals surface area contributed by atoms with Crippen molar-refractivity contribution in [2.75, 3.05) is 30.8 Å². The van der Waals surface area contributed by atoms with Crippen molar-refractivity contribution in [1.82, 2.24) is 9.97 Å². The molecule has 0 aromatic carbocycles. The van der Waals surface area contributed by atoms with Crippen molar-refractivity contribution in [3.8, 4) is 0 Å². The summed E-state index contributed by atoms with van der Waals surface area (Å²) < 4.78 is 5.76. The van der Waals surface area contributed by atoms with Crippen molar-refractivity contribution >= 4 is 11.6 Å². The summed E-state index contributed by atoms with van der Waals surface area (Å²) in [6.45, 7) is 8.21. The average molecular weight is 292 g/mol. The van der Waals surface area contributed by atoms with Crippen molar-refractivity contribution in [3.63, 3.8) is 0 Å². The molecule has 2 heterocycles. The second kappa shape index (κ2) is 7.59. The summed E-state index contributed by atoms with van der Waals surface area (Å²) in [5.41, 5.74) is 1.09. The maximum Gasteiger partial charge on any atom is 0.134 e. The normalized spacial score (nSPS) is 21.5. The Bertz CT molecular complexity index is 464. The van der Waals surface area contributed by atoms with Gasteiger partial charge in [0.2, 0.25) is 0 Å². The summed E-state index contributed by atoms with van der Waals surface area (Å²) in [7, 11) is 1.91. The highest BCUT2D eigenvalue weighted by molar-refractivity contribution is 5.57. The quantitative estimate of drug-likeness (QED) is 0.809. The molecule has 1 fully saturated rings. The van der Waals surface area contributed by atoms with E-state index >= 15 is 0 Å². The lowest BCUT2D eigenvalue weighted by Crippen LogP contribution is -2.23. The van der Waals surface area contributed by atoms with Crippen LogP contribution in [-0.4, -0.2) is 36.3 Å². The molecule has 0 amide bonds. The number of hydrogen-bond donors (Lipinski definition) is 2. The molecule has 118 valence electrons. The molecule has 1 aromatic rings. The predicted octanol–water partition coefficient (Wildman–Crippen LogP) is 3.01. The summed E-state index contributed by atoms with van der Waals surface area (Å²) in [4.78, 5) is 9.24. The Kier molecular flexibility index (Phi) is 5.79. The summed E-state index contributed by atoms with van der Waals surface area (Å²) >= 11 is 0. The van der Waals surface area contributed by atoms with Gasteiger partial charge in [-0.1, -0.05) is 13.8 Å². The number of rotatable bonds is 7. The third-order valence-corrected chi connectivity index (χ3v) is 4.18. The Balaban J connectivity index is 2.09. The highest BCUT2D eigenvalue weighted by Crippen LogP contribution is 2.25. The fourth-order valence-corrected chi connectivity index (χ4v) is 2.92. The van der Waals surface area contributed by atoms with E-state index in [4.69, 9.17) is 4.74 Å². The second-order valence-corrected chi connectivity index (χ2v) is 5.71. The van der Waals surface area contributed by atoms with Crippen molar-refractivity contribution in [2.24, 2.45) is 5.92 Å². The highest BCUT2D eigenvalue weighted by atomic mass is 16.5. The summed E-state index contributed by atoms with van der Waals surface area (Å²) in [5, 5.41) is 6.69. The predicted molar refractivity (Wildman–Crippen MR) is 86.9 cm³/mol. The molecule has 1 aliphatic heterocycles. The molecule has 5 nitrogen and oxygen atoms in total. The van der Waals surface area contributed by atoms with Crippen molar-refractivity contribution in [2.45, 2.75) is 52.6 Å². The molecule has 2 unspecified atom stereocenters. The zero-order chi connectivity index (χ0) is 15.2. The molecule has 5 heteroatoms. The van der Waals surface area contributed by atoms with Crippen molar-refractivity contribution in [1.29, 1.82) is 0 Å². The molecule has 21 heavy (non-hydrogen) atoms. The van der Waals surface area contributed by atoms with Crippen molar-refractivity contribution in [3.05, 3.63) is 11.4 Å². The topological polar surface area (TPSA) is 59.1 Å². The Morgan fingerprint density at radius 2 is 2.00 bits per heavy atom. The monoisotopic (exact) mass is 292 g/mol. The Labute approximate surface area is 127 Å². The maximum absolute atomic E-state index is 5.76. The zero-order valence-corrected chi connectivity index (χ0v) is 13.7. The van der Waals surface area contributed by atoms with E-state index in [1.54, 1.807) is 0 Å². The molecule has 0 spiro atoms. The van der Waals surface area contributed by atoms with Crippen LogP contribution in [0.2, 0.25) is 0 Å². The molecule has 1 aliphatic rings. The molecule has 1 aromatic heterocycles. The fourth-order valence-electron chi connectivity index (χ4n) is 2.92. The van der Waals surface area contributed by atoms with Gasteiger partial charge in [-0.3, -0.25) is 0 Å². The van der Waals surface area contributed by atoms with Crippen LogP contribution in [-0.2, 0) is 11.2 Å². The van der Waals surface area contributed by atoms with Gasteiger partial charge in [-0.2, -0.15) is 0 Å². The first-order valence-corrected chi connectivity index (χ1v) is 8.10. The molecule has 0 aliphatic carbocycles. The molecule has 0 radical (unpaired) electrons. The van der Waals surface area contributed by atoms with Gasteiger partial charge in [0.1, 0.15) is 17.5 Å². The first kappa shape index (κ1) is 16.0. The minimum absolute atomic E-state index is 0.388. The number of aromatic nitrogens is 2. The largest absolute Gasteiger partial charge is 0.378 e. The molecule has 2 N–H and O–H groups in total. The number of hydrogen-bond acceptors (Lipinski definition) is 5. The molecule has 2 atom stereocenters. The van der Waals surface area contributed by atoms with Gasteiger partial charge in [-0.25, -0.2) is 9.97 Å². The molecule has 2 rings (SSSR count). The molecule has 1 saturated heterocycles. The first-order chi connectivity index (χ1) is 10.2. The Morgan fingerprint density at radius 1 is 1.24 bits per heavy atom. The van der Waals surface area contributed by atoms with E-state index in [0.29, 0.717) is 12.0 Å². The molecular formula is C16H28N4O. The minimum Gasteiger partial charge on any atom is -0.378 e.